The molecule has 1 unspecified atom stereocenters. The summed E-state index contributed by atoms with van der Waals surface area (Å²) in [6, 6.07) is 8.33. The molecule has 0 saturated carbocycles. The Bertz CT molecular complexity index is 709. The molecule has 1 saturated heterocycles. The summed E-state index contributed by atoms with van der Waals surface area (Å²) in [5.74, 6) is 2.59. The average molecular weight is 329 g/mol. The second-order valence-corrected chi connectivity index (χ2v) is 6.78. The summed E-state index contributed by atoms with van der Waals surface area (Å²) in [6.45, 7) is 7.56. The van der Waals surface area contributed by atoms with Gasteiger partial charge in [-0.25, -0.2) is 4.98 Å². The van der Waals surface area contributed by atoms with E-state index >= 15 is 0 Å². The molecule has 1 aromatic heterocycles. The van der Waals surface area contributed by atoms with Crippen molar-refractivity contribution in [2.24, 2.45) is 0 Å². The third-order valence-corrected chi connectivity index (χ3v) is 5.26. The van der Waals surface area contributed by atoms with Crippen molar-refractivity contribution in [2.75, 3.05) is 18.1 Å². The lowest BCUT2D eigenvalue weighted by atomic mass is 10.2. The monoisotopic (exact) mass is 329 g/mol. The van der Waals surface area contributed by atoms with Crippen LogP contribution in [0.3, 0.4) is 0 Å². The van der Waals surface area contributed by atoms with E-state index in [0.29, 0.717) is 5.75 Å². The first-order chi connectivity index (χ1) is 11.3. The number of carbonyl (C=O) groups is 1. The molecule has 1 atom stereocenters. The quantitative estimate of drug-likeness (QED) is 0.600. The number of rotatable bonds is 6. The molecule has 2 heterocycles. The maximum Gasteiger partial charge on any atom is 0.233 e. The van der Waals surface area contributed by atoms with Gasteiger partial charge in [0, 0.05) is 18.8 Å². The van der Waals surface area contributed by atoms with Crippen molar-refractivity contribution in [3.63, 3.8) is 0 Å². The van der Waals surface area contributed by atoms with Crippen LogP contribution in [0.25, 0.3) is 11.0 Å². The number of benzene rings is 1. The smallest absolute Gasteiger partial charge is 0.233 e. The fourth-order valence-corrected chi connectivity index (χ4v) is 3.95. The van der Waals surface area contributed by atoms with E-state index in [-0.39, 0.29) is 11.9 Å². The van der Waals surface area contributed by atoms with Crippen LogP contribution in [0.5, 0.6) is 0 Å². The molecule has 1 aliphatic heterocycles. The molecule has 0 N–H and O–H groups in total. The van der Waals surface area contributed by atoms with Gasteiger partial charge in [0.15, 0.2) is 0 Å². The minimum Gasteiger partial charge on any atom is -0.332 e. The van der Waals surface area contributed by atoms with Gasteiger partial charge in [0.2, 0.25) is 5.91 Å². The van der Waals surface area contributed by atoms with Crippen molar-refractivity contribution in [1.29, 1.82) is 0 Å². The standard InChI is InChI=1S/C18H23N3OS/c1-3-12-23-13-17(22)21-11-7-10-16(21)18-19-14-8-5-6-9-15(14)20(18)4-2/h3,5-6,8-9,16H,1,4,7,10-13H2,2H3. The van der Waals surface area contributed by atoms with Crippen molar-refractivity contribution in [1.82, 2.24) is 14.5 Å². The van der Waals surface area contributed by atoms with Gasteiger partial charge in [0.1, 0.15) is 5.82 Å². The van der Waals surface area contributed by atoms with Gasteiger partial charge in [-0.1, -0.05) is 18.2 Å². The molecular weight excluding hydrogens is 306 g/mol. The van der Waals surface area contributed by atoms with Crippen LogP contribution in [0.1, 0.15) is 31.6 Å². The number of nitrogens with zero attached hydrogens (tertiary/aromatic N) is 3. The van der Waals surface area contributed by atoms with Crippen molar-refractivity contribution in [2.45, 2.75) is 32.4 Å². The molecule has 0 spiro atoms. The van der Waals surface area contributed by atoms with Crippen LogP contribution in [0.2, 0.25) is 0 Å². The maximum atomic E-state index is 12.6. The summed E-state index contributed by atoms with van der Waals surface area (Å²) in [5, 5.41) is 0. The topological polar surface area (TPSA) is 38.1 Å². The van der Waals surface area contributed by atoms with Crippen molar-refractivity contribution in [3.8, 4) is 0 Å². The van der Waals surface area contributed by atoms with E-state index in [2.05, 4.69) is 24.1 Å². The number of fused-ring (bicyclic) bond motifs is 1. The Kier molecular flexibility index (Phi) is 5.06. The van der Waals surface area contributed by atoms with Crippen LogP contribution in [-0.2, 0) is 11.3 Å². The molecular formula is C18H23N3OS. The number of carbonyl (C=O) groups excluding carboxylic acids is 1. The van der Waals surface area contributed by atoms with Gasteiger partial charge in [-0.3, -0.25) is 4.79 Å². The normalized spacial score (nSPS) is 17.8. The lowest BCUT2D eigenvalue weighted by Crippen LogP contribution is -2.33. The van der Waals surface area contributed by atoms with E-state index < -0.39 is 0 Å². The van der Waals surface area contributed by atoms with Gasteiger partial charge >= 0.3 is 0 Å². The highest BCUT2D eigenvalue weighted by atomic mass is 32.2. The number of hydrogen-bond donors (Lipinski definition) is 0. The van der Waals surface area contributed by atoms with E-state index in [0.717, 1.165) is 48.5 Å². The highest BCUT2D eigenvalue weighted by Crippen LogP contribution is 2.33. The number of aryl methyl sites for hydroxylation is 1. The van der Waals surface area contributed by atoms with Crippen LogP contribution in [0.4, 0.5) is 0 Å². The van der Waals surface area contributed by atoms with Crippen molar-refractivity contribution < 1.29 is 4.79 Å². The summed E-state index contributed by atoms with van der Waals surface area (Å²) >= 11 is 1.62. The number of likely N-dealkylation sites (tertiary alicyclic amines) is 1. The number of amides is 1. The number of aromatic nitrogens is 2. The summed E-state index contributed by atoms with van der Waals surface area (Å²) in [4.78, 5) is 19.4. The number of hydrogen-bond acceptors (Lipinski definition) is 3. The molecule has 0 aliphatic carbocycles. The zero-order valence-electron chi connectivity index (χ0n) is 13.6. The van der Waals surface area contributed by atoms with Crippen molar-refractivity contribution >= 4 is 28.7 Å². The minimum atomic E-state index is 0.110. The minimum absolute atomic E-state index is 0.110. The lowest BCUT2D eigenvalue weighted by Gasteiger charge is -2.24. The Balaban J connectivity index is 1.87. The molecule has 1 fully saturated rings. The Morgan fingerprint density at radius 3 is 3.09 bits per heavy atom. The van der Waals surface area contributed by atoms with E-state index in [9.17, 15) is 4.79 Å². The Hall–Kier alpha value is -1.75. The first-order valence-corrected chi connectivity index (χ1v) is 9.35. The zero-order chi connectivity index (χ0) is 16.2. The van der Waals surface area contributed by atoms with E-state index in [1.165, 1.54) is 0 Å². The Morgan fingerprint density at radius 1 is 1.48 bits per heavy atom. The van der Waals surface area contributed by atoms with Crippen LogP contribution < -0.4 is 0 Å². The zero-order valence-corrected chi connectivity index (χ0v) is 14.4. The van der Waals surface area contributed by atoms with Gasteiger partial charge < -0.3 is 9.47 Å². The first kappa shape index (κ1) is 16.1. The second kappa shape index (κ2) is 7.21. The molecule has 1 amide bonds. The summed E-state index contributed by atoms with van der Waals surface area (Å²) in [5.41, 5.74) is 2.18. The largest absolute Gasteiger partial charge is 0.332 e. The predicted octanol–water partition coefficient (Wildman–Crippen LogP) is 3.64. The molecule has 1 aromatic carbocycles. The first-order valence-electron chi connectivity index (χ1n) is 8.19. The van der Waals surface area contributed by atoms with Gasteiger partial charge in [-0.15, -0.1) is 18.3 Å². The van der Waals surface area contributed by atoms with Crippen LogP contribution in [0.15, 0.2) is 36.9 Å². The molecule has 4 nitrogen and oxygen atoms in total. The van der Waals surface area contributed by atoms with E-state index in [1.807, 2.05) is 29.2 Å². The van der Waals surface area contributed by atoms with Gasteiger partial charge in [-0.05, 0) is 31.9 Å². The molecule has 5 heteroatoms. The summed E-state index contributed by atoms with van der Waals surface area (Å²) < 4.78 is 2.25. The van der Waals surface area contributed by atoms with E-state index in [1.54, 1.807) is 11.8 Å². The average Bonchev–Trinajstić information content (AvgIpc) is 3.18. The SMILES string of the molecule is C=CCSCC(=O)N1CCCC1c1nc2ccccc2n1CC. The fraction of sp³-hybridized carbons (Fsp3) is 0.444. The van der Waals surface area contributed by atoms with Crippen LogP contribution >= 0.6 is 11.8 Å². The summed E-state index contributed by atoms with van der Waals surface area (Å²) in [7, 11) is 0. The molecule has 0 radical (unpaired) electrons. The Labute approximate surface area is 141 Å². The maximum absolute atomic E-state index is 12.6. The molecule has 1 aliphatic rings. The number of imidazole rings is 1. The second-order valence-electron chi connectivity index (χ2n) is 5.75. The number of thioether (sulfide) groups is 1. The number of para-hydroxylation sites is 2. The fourth-order valence-electron chi connectivity index (χ4n) is 3.33. The highest BCUT2D eigenvalue weighted by molar-refractivity contribution is 8.00. The van der Waals surface area contributed by atoms with Gasteiger partial charge in [0.25, 0.3) is 0 Å². The molecule has 122 valence electrons. The van der Waals surface area contributed by atoms with Crippen LogP contribution in [-0.4, -0.2) is 38.4 Å². The molecule has 23 heavy (non-hydrogen) atoms. The predicted molar refractivity (Wildman–Crippen MR) is 96.6 cm³/mol. The third kappa shape index (κ3) is 3.15. The molecule has 2 aromatic rings. The Morgan fingerprint density at radius 2 is 2.30 bits per heavy atom. The summed E-state index contributed by atoms with van der Waals surface area (Å²) in [6.07, 6.45) is 3.90. The van der Waals surface area contributed by atoms with Crippen molar-refractivity contribution in [3.05, 3.63) is 42.7 Å². The van der Waals surface area contributed by atoms with Gasteiger partial charge in [-0.2, -0.15) is 0 Å². The highest BCUT2D eigenvalue weighted by Gasteiger charge is 2.33. The van der Waals surface area contributed by atoms with Gasteiger partial charge in [0.05, 0.1) is 22.8 Å². The molecule has 3 rings (SSSR count). The molecule has 0 bridgehead atoms. The third-order valence-electron chi connectivity index (χ3n) is 4.33. The lowest BCUT2D eigenvalue weighted by molar-refractivity contribution is -0.129. The van der Waals surface area contributed by atoms with E-state index in [4.69, 9.17) is 4.98 Å². The van der Waals surface area contributed by atoms with Crippen LogP contribution in [0, 0.1) is 0 Å².